The van der Waals surface area contributed by atoms with Gasteiger partial charge in [-0.1, -0.05) is 0 Å². The minimum Gasteiger partial charge on any atom is -0.378 e. The van der Waals surface area contributed by atoms with Gasteiger partial charge in [0.2, 0.25) is 0 Å². The molecule has 2 heterocycles. The van der Waals surface area contributed by atoms with Crippen molar-refractivity contribution in [3.8, 4) is 0 Å². The molecule has 0 aliphatic carbocycles. The molecule has 1 N–H and O–H groups in total. The van der Waals surface area contributed by atoms with Gasteiger partial charge in [0.15, 0.2) is 0 Å². The highest BCUT2D eigenvalue weighted by Gasteiger charge is 2.12. The third-order valence-electron chi connectivity index (χ3n) is 3.31. The smallest absolute Gasteiger partial charge is 0.265 e. The quantitative estimate of drug-likeness (QED) is 0.854. The number of hydrogen-bond donors (Lipinski definition) is 2. The predicted molar refractivity (Wildman–Crippen MR) is 89.0 cm³/mol. The molecule has 21 heavy (non-hydrogen) atoms. The summed E-state index contributed by atoms with van der Waals surface area (Å²) in [5.41, 5.74) is 1.95. The van der Waals surface area contributed by atoms with Gasteiger partial charge in [0.05, 0.1) is 18.1 Å². The molecular weight excluding hydrogens is 304 g/mol. The number of thiol groups is 1. The molecule has 0 unspecified atom stereocenters. The van der Waals surface area contributed by atoms with Crippen LogP contribution in [0.15, 0.2) is 40.6 Å². The highest BCUT2D eigenvalue weighted by Crippen LogP contribution is 2.21. The topological polar surface area (TPSA) is 41.6 Å². The first kappa shape index (κ1) is 14.4. The normalized spacial score (nSPS) is 15.0. The predicted octanol–water partition coefficient (Wildman–Crippen LogP) is 3.13. The third kappa shape index (κ3) is 3.58. The Hall–Kier alpha value is -1.50. The van der Waals surface area contributed by atoms with E-state index in [2.05, 4.69) is 22.8 Å². The Morgan fingerprint density at radius 1 is 1.24 bits per heavy atom. The van der Waals surface area contributed by atoms with Crippen LogP contribution in [0.4, 0.5) is 11.4 Å². The molecular formula is C15H16N2O2S2. The van der Waals surface area contributed by atoms with Crippen molar-refractivity contribution < 1.29 is 9.53 Å². The Balaban J connectivity index is 1.65. The summed E-state index contributed by atoms with van der Waals surface area (Å²) in [6.07, 6.45) is 0. The summed E-state index contributed by atoms with van der Waals surface area (Å²) >= 11 is 5.60. The second kappa shape index (κ2) is 6.51. The number of nitrogens with zero attached hydrogens (tertiary/aromatic N) is 1. The molecule has 0 spiro atoms. The first-order valence-corrected chi connectivity index (χ1v) is 8.07. The molecule has 1 saturated heterocycles. The average molecular weight is 320 g/mol. The number of morpholine rings is 1. The molecule has 1 amide bonds. The van der Waals surface area contributed by atoms with Crippen LogP contribution in [0.2, 0.25) is 0 Å². The molecule has 1 aromatic heterocycles. The van der Waals surface area contributed by atoms with Crippen LogP contribution in [0, 0.1) is 0 Å². The minimum absolute atomic E-state index is 0.0978. The Morgan fingerprint density at radius 2 is 1.95 bits per heavy atom. The summed E-state index contributed by atoms with van der Waals surface area (Å²) in [6.45, 7) is 3.35. The van der Waals surface area contributed by atoms with E-state index >= 15 is 0 Å². The number of carbonyl (C=O) groups is 1. The van der Waals surface area contributed by atoms with E-state index in [1.165, 1.54) is 11.3 Å². The van der Waals surface area contributed by atoms with Crippen molar-refractivity contribution in [1.82, 2.24) is 0 Å². The largest absolute Gasteiger partial charge is 0.378 e. The summed E-state index contributed by atoms with van der Waals surface area (Å²) < 4.78 is 5.34. The Bertz CT molecular complexity index is 619. The van der Waals surface area contributed by atoms with E-state index in [0.29, 0.717) is 4.88 Å². The lowest BCUT2D eigenvalue weighted by Crippen LogP contribution is -2.36. The molecule has 110 valence electrons. The molecule has 1 aromatic carbocycles. The number of nitrogens with one attached hydrogen (secondary N) is 1. The van der Waals surface area contributed by atoms with E-state index < -0.39 is 0 Å². The van der Waals surface area contributed by atoms with Crippen molar-refractivity contribution in [1.29, 1.82) is 0 Å². The first-order chi connectivity index (χ1) is 10.2. The highest BCUT2D eigenvalue weighted by molar-refractivity contribution is 7.80. The van der Waals surface area contributed by atoms with Gasteiger partial charge in [0.25, 0.3) is 5.91 Å². The van der Waals surface area contributed by atoms with Crippen LogP contribution in [-0.2, 0) is 4.74 Å². The summed E-state index contributed by atoms with van der Waals surface area (Å²) in [7, 11) is 0. The van der Waals surface area contributed by atoms with Gasteiger partial charge in [0.1, 0.15) is 0 Å². The molecule has 0 saturated carbocycles. The number of anilines is 2. The van der Waals surface area contributed by atoms with E-state index in [1.807, 2.05) is 29.6 Å². The number of benzene rings is 1. The maximum atomic E-state index is 12.1. The fourth-order valence-corrected chi connectivity index (χ4v) is 3.26. The van der Waals surface area contributed by atoms with Gasteiger partial charge in [-0.3, -0.25) is 4.79 Å². The summed E-state index contributed by atoms with van der Waals surface area (Å²) in [5, 5.41) is 4.74. The van der Waals surface area contributed by atoms with Crippen LogP contribution in [0.25, 0.3) is 0 Å². The van der Waals surface area contributed by atoms with E-state index in [1.54, 1.807) is 6.07 Å². The van der Waals surface area contributed by atoms with Crippen molar-refractivity contribution in [3.05, 3.63) is 40.6 Å². The summed E-state index contributed by atoms with van der Waals surface area (Å²) in [4.78, 5) is 15.8. The number of ether oxygens (including phenoxy) is 1. The van der Waals surface area contributed by atoms with E-state index in [4.69, 9.17) is 4.74 Å². The number of carbonyl (C=O) groups excluding carboxylic acids is 1. The average Bonchev–Trinajstić information content (AvgIpc) is 2.96. The van der Waals surface area contributed by atoms with Crippen LogP contribution in [-0.4, -0.2) is 32.2 Å². The van der Waals surface area contributed by atoms with E-state index in [-0.39, 0.29) is 5.91 Å². The Kier molecular flexibility index (Phi) is 4.48. The lowest BCUT2D eigenvalue weighted by atomic mass is 10.2. The zero-order valence-electron chi connectivity index (χ0n) is 11.4. The van der Waals surface area contributed by atoms with Crippen molar-refractivity contribution in [2.75, 3.05) is 36.5 Å². The number of thiophene rings is 1. The monoisotopic (exact) mass is 320 g/mol. The SMILES string of the molecule is O=C(Nc1ccc(N2CCOCC2)cc1)c1cc(S)cs1. The first-order valence-electron chi connectivity index (χ1n) is 6.74. The molecule has 1 fully saturated rings. The van der Waals surface area contributed by atoms with Gasteiger partial charge in [-0.25, -0.2) is 0 Å². The summed E-state index contributed by atoms with van der Waals surface area (Å²) in [6, 6.07) is 9.68. The van der Waals surface area contributed by atoms with Crippen LogP contribution >= 0.6 is 24.0 Å². The van der Waals surface area contributed by atoms with Crippen molar-refractivity contribution in [2.45, 2.75) is 4.90 Å². The van der Waals surface area contributed by atoms with E-state index in [0.717, 1.165) is 42.6 Å². The second-order valence-corrected chi connectivity index (χ2v) is 6.20. The maximum absolute atomic E-state index is 12.1. The maximum Gasteiger partial charge on any atom is 0.265 e. The zero-order valence-corrected chi connectivity index (χ0v) is 13.1. The Morgan fingerprint density at radius 3 is 2.57 bits per heavy atom. The third-order valence-corrected chi connectivity index (χ3v) is 4.67. The van der Waals surface area contributed by atoms with Gasteiger partial charge >= 0.3 is 0 Å². The molecule has 0 radical (unpaired) electrons. The van der Waals surface area contributed by atoms with E-state index in [9.17, 15) is 4.79 Å². The lowest BCUT2D eigenvalue weighted by molar-refractivity contribution is 0.103. The van der Waals surface area contributed by atoms with Crippen molar-refractivity contribution >= 4 is 41.2 Å². The lowest BCUT2D eigenvalue weighted by Gasteiger charge is -2.28. The molecule has 3 rings (SSSR count). The highest BCUT2D eigenvalue weighted by atomic mass is 32.1. The van der Waals surface area contributed by atoms with Crippen LogP contribution in [0.3, 0.4) is 0 Å². The molecule has 0 bridgehead atoms. The van der Waals surface area contributed by atoms with Gasteiger partial charge in [-0.15, -0.1) is 24.0 Å². The van der Waals surface area contributed by atoms with Gasteiger partial charge in [-0.05, 0) is 30.3 Å². The number of amides is 1. The van der Waals surface area contributed by atoms with Crippen LogP contribution in [0.5, 0.6) is 0 Å². The molecule has 0 atom stereocenters. The molecule has 1 aliphatic heterocycles. The van der Waals surface area contributed by atoms with Gasteiger partial charge < -0.3 is 15.0 Å². The number of rotatable bonds is 3. The molecule has 4 nitrogen and oxygen atoms in total. The van der Waals surface area contributed by atoms with Crippen molar-refractivity contribution in [3.63, 3.8) is 0 Å². The number of hydrogen-bond acceptors (Lipinski definition) is 5. The minimum atomic E-state index is -0.0978. The Labute approximate surface area is 133 Å². The van der Waals surface area contributed by atoms with Crippen LogP contribution < -0.4 is 10.2 Å². The van der Waals surface area contributed by atoms with Gasteiger partial charge in [-0.2, -0.15) is 0 Å². The fourth-order valence-electron chi connectivity index (χ4n) is 2.22. The zero-order chi connectivity index (χ0) is 14.7. The summed E-state index contributed by atoms with van der Waals surface area (Å²) in [5.74, 6) is -0.0978. The fraction of sp³-hybridized carbons (Fsp3) is 0.267. The standard InChI is InChI=1S/C15H16N2O2S2/c18-15(14-9-13(20)10-21-14)16-11-1-3-12(4-2-11)17-5-7-19-8-6-17/h1-4,9-10,20H,5-8H2,(H,16,18). The second-order valence-electron chi connectivity index (χ2n) is 4.77. The van der Waals surface area contributed by atoms with Crippen LogP contribution in [0.1, 0.15) is 9.67 Å². The van der Waals surface area contributed by atoms with Crippen molar-refractivity contribution in [2.24, 2.45) is 0 Å². The molecule has 6 heteroatoms. The van der Waals surface area contributed by atoms with Gasteiger partial charge in [0, 0.05) is 34.7 Å². The molecule has 2 aromatic rings. The molecule has 1 aliphatic rings.